The number of nitrogens with zero attached hydrogens (tertiary/aromatic N) is 1. The fraction of sp³-hybridized carbons (Fsp3) is 0.409. The minimum Gasteiger partial charge on any atom is -0.383 e. The van der Waals surface area contributed by atoms with Crippen molar-refractivity contribution in [3.05, 3.63) is 71.3 Å². The average molecular weight is 442 g/mol. The molecule has 1 aliphatic rings. The van der Waals surface area contributed by atoms with Crippen LogP contribution in [0.25, 0.3) is 0 Å². The van der Waals surface area contributed by atoms with E-state index in [0.29, 0.717) is 6.07 Å². The summed E-state index contributed by atoms with van der Waals surface area (Å²) in [6, 6.07) is 11.5. The minimum atomic E-state index is -4.57. The van der Waals surface area contributed by atoms with Gasteiger partial charge in [-0.25, -0.2) is 8.78 Å². The number of likely N-dealkylation sites (tertiary alicyclic amines) is 1. The Labute approximate surface area is 176 Å². The summed E-state index contributed by atoms with van der Waals surface area (Å²) in [5.74, 6) is -5.94. The van der Waals surface area contributed by atoms with Gasteiger partial charge in [-0.3, -0.25) is 9.69 Å². The average Bonchev–Trinajstić information content (AvgIpc) is 3.11. The third-order valence-electron chi connectivity index (χ3n) is 5.52. The highest BCUT2D eigenvalue weighted by Gasteiger charge is 2.52. The lowest BCUT2D eigenvalue weighted by atomic mass is 9.92. The number of amides is 1. The van der Waals surface area contributed by atoms with E-state index in [9.17, 15) is 31.9 Å². The molecule has 1 aliphatic heterocycles. The molecule has 0 bridgehead atoms. The van der Waals surface area contributed by atoms with Crippen molar-refractivity contribution in [2.45, 2.75) is 25.2 Å². The molecular formula is C22H23F5N2O2. The molecule has 2 aromatic rings. The van der Waals surface area contributed by atoms with E-state index in [2.05, 4.69) is 5.32 Å². The van der Waals surface area contributed by atoms with Gasteiger partial charge in [-0.2, -0.15) is 13.2 Å². The number of hydrogen-bond donors (Lipinski definition) is 2. The first-order valence-corrected chi connectivity index (χ1v) is 9.76. The monoisotopic (exact) mass is 442 g/mol. The number of aliphatic hydroxyl groups is 1. The van der Waals surface area contributed by atoms with Gasteiger partial charge in [0.1, 0.15) is 17.2 Å². The van der Waals surface area contributed by atoms with Crippen molar-refractivity contribution in [2.75, 3.05) is 19.6 Å². The highest BCUT2D eigenvalue weighted by atomic mass is 19.4. The summed E-state index contributed by atoms with van der Waals surface area (Å²) in [6.45, 7) is 0.530. The second-order valence-corrected chi connectivity index (χ2v) is 8.05. The Balaban J connectivity index is 1.69. The molecule has 1 fully saturated rings. The first-order valence-electron chi connectivity index (χ1n) is 9.76. The zero-order chi connectivity index (χ0) is 22.8. The van der Waals surface area contributed by atoms with E-state index >= 15 is 0 Å². The number of benzene rings is 2. The van der Waals surface area contributed by atoms with Gasteiger partial charge in [-0.1, -0.05) is 36.4 Å². The van der Waals surface area contributed by atoms with Gasteiger partial charge in [0.15, 0.2) is 0 Å². The van der Waals surface area contributed by atoms with Crippen LogP contribution in [0.4, 0.5) is 22.0 Å². The van der Waals surface area contributed by atoms with Gasteiger partial charge in [0.05, 0.1) is 18.4 Å². The predicted octanol–water partition coefficient (Wildman–Crippen LogP) is 3.60. The van der Waals surface area contributed by atoms with E-state index in [4.69, 9.17) is 0 Å². The highest BCUT2D eigenvalue weighted by Crippen LogP contribution is 2.38. The molecule has 168 valence electrons. The zero-order valence-corrected chi connectivity index (χ0v) is 16.8. The maximum atomic E-state index is 14.0. The molecule has 2 N–H and O–H groups in total. The van der Waals surface area contributed by atoms with Crippen LogP contribution in [0.2, 0.25) is 0 Å². The van der Waals surface area contributed by atoms with E-state index in [-0.39, 0.29) is 25.2 Å². The van der Waals surface area contributed by atoms with Gasteiger partial charge in [0.2, 0.25) is 5.91 Å². The number of halogens is 5. The molecular weight excluding hydrogens is 419 g/mol. The molecule has 31 heavy (non-hydrogen) atoms. The third-order valence-corrected chi connectivity index (χ3v) is 5.52. The SMILES string of the molecule is C[C@](O)(CNC(=O)[C@@H]1CN(Cc2ccccc2)C[C@H]1C(F)(F)F)c1ccc(F)cc1F. The summed E-state index contributed by atoms with van der Waals surface area (Å²) in [5.41, 5.74) is -1.36. The molecule has 0 spiro atoms. The van der Waals surface area contributed by atoms with E-state index in [0.717, 1.165) is 17.7 Å². The molecule has 0 unspecified atom stereocenters. The maximum absolute atomic E-state index is 14.0. The van der Waals surface area contributed by atoms with E-state index in [1.165, 1.54) is 6.92 Å². The Morgan fingerprint density at radius 1 is 1.13 bits per heavy atom. The number of carbonyl (C=O) groups is 1. The lowest BCUT2D eigenvalue weighted by molar-refractivity contribution is -0.183. The number of alkyl halides is 3. The largest absolute Gasteiger partial charge is 0.393 e. The molecule has 1 heterocycles. The first kappa shape index (κ1) is 23.1. The van der Waals surface area contributed by atoms with Crippen molar-refractivity contribution >= 4 is 5.91 Å². The van der Waals surface area contributed by atoms with Crippen molar-refractivity contribution < 1.29 is 31.9 Å². The molecule has 4 nitrogen and oxygen atoms in total. The van der Waals surface area contributed by atoms with Gasteiger partial charge < -0.3 is 10.4 Å². The Kier molecular flexibility index (Phi) is 6.66. The number of rotatable bonds is 6. The van der Waals surface area contributed by atoms with Crippen molar-refractivity contribution in [3.8, 4) is 0 Å². The van der Waals surface area contributed by atoms with Gasteiger partial charge in [-0.15, -0.1) is 0 Å². The summed E-state index contributed by atoms with van der Waals surface area (Å²) in [6.07, 6.45) is -4.57. The fourth-order valence-corrected chi connectivity index (χ4v) is 3.87. The molecule has 1 saturated heterocycles. The Morgan fingerprint density at radius 3 is 2.42 bits per heavy atom. The molecule has 0 aromatic heterocycles. The summed E-state index contributed by atoms with van der Waals surface area (Å²) in [4.78, 5) is 14.2. The summed E-state index contributed by atoms with van der Waals surface area (Å²) >= 11 is 0. The van der Waals surface area contributed by atoms with Crippen LogP contribution < -0.4 is 5.32 Å². The lowest BCUT2D eigenvalue weighted by Gasteiger charge is -2.27. The van der Waals surface area contributed by atoms with Gasteiger partial charge in [-0.05, 0) is 18.6 Å². The first-order chi connectivity index (χ1) is 14.5. The van der Waals surface area contributed by atoms with Crippen molar-refractivity contribution in [3.63, 3.8) is 0 Å². The number of carbonyl (C=O) groups excluding carboxylic acids is 1. The standard InChI is InChI=1S/C22H23F5N2O2/c1-21(31,17-8-7-15(23)9-19(17)24)13-28-20(30)16-11-29(12-18(16)22(25,26)27)10-14-5-3-2-4-6-14/h2-9,16,18,31H,10-13H2,1H3,(H,28,30)/t16-,18-,21+/m1/s1. The lowest BCUT2D eigenvalue weighted by Crippen LogP contribution is -2.45. The molecule has 0 saturated carbocycles. The van der Waals surface area contributed by atoms with Crippen LogP contribution >= 0.6 is 0 Å². The second kappa shape index (κ2) is 8.92. The van der Waals surface area contributed by atoms with Crippen LogP contribution in [0.15, 0.2) is 48.5 Å². The van der Waals surface area contributed by atoms with E-state index in [1.54, 1.807) is 35.2 Å². The molecule has 1 amide bonds. The molecule has 0 aliphatic carbocycles. The topological polar surface area (TPSA) is 52.6 Å². The van der Waals surface area contributed by atoms with Gasteiger partial charge >= 0.3 is 6.18 Å². The third kappa shape index (κ3) is 5.59. The molecule has 3 rings (SSSR count). The zero-order valence-electron chi connectivity index (χ0n) is 16.8. The maximum Gasteiger partial charge on any atom is 0.393 e. The van der Waals surface area contributed by atoms with Crippen LogP contribution in [0.3, 0.4) is 0 Å². The van der Waals surface area contributed by atoms with Crippen LogP contribution in [0.1, 0.15) is 18.1 Å². The quantitative estimate of drug-likeness (QED) is 0.673. The van der Waals surface area contributed by atoms with Crippen LogP contribution in [0, 0.1) is 23.5 Å². The fourth-order valence-electron chi connectivity index (χ4n) is 3.87. The van der Waals surface area contributed by atoms with Gasteiger partial charge in [0.25, 0.3) is 0 Å². The van der Waals surface area contributed by atoms with Crippen molar-refractivity contribution in [1.82, 2.24) is 10.2 Å². The number of hydrogen-bond acceptors (Lipinski definition) is 3. The van der Waals surface area contributed by atoms with Crippen LogP contribution in [-0.2, 0) is 16.9 Å². The summed E-state index contributed by atoms with van der Waals surface area (Å²) in [7, 11) is 0. The smallest absolute Gasteiger partial charge is 0.383 e. The van der Waals surface area contributed by atoms with Crippen LogP contribution in [0.5, 0.6) is 0 Å². The summed E-state index contributed by atoms with van der Waals surface area (Å²) < 4.78 is 67.8. The van der Waals surface area contributed by atoms with Crippen LogP contribution in [-0.4, -0.2) is 41.7 Å². The predicted molar refractivity (Wildman–Crippen MR) is 104 cm³/mol. The van der Waals surface area contributed by atoms with Crippen molar-refractivity contribution in [1.29, 1.82) is 0 Å². The van der Waals surface area contributed by atoms with Crippen molar-refractivity contribution in [2.24, 2.45) is 11.8 Å². The Morgan fingerprint density at radius 2 is 1.81 bits per heavy atom. The Hall–Kier alpha value is -2.52. The van der Waals surface area contributed by atoms with E-state index < -0.39 is 47.7 Å². The molecule has 9 heteroatoms. The molecule has 2 aromatic carbocycles. The normalized spacial score (nSPS) is 21.6. The Bertz CT molecular complexity index is 918. The summed E-state index contributed by atoms with van der Waals surface area (Å²) in [5, 5.41) is 12.8. The highest BCUT2D eigenvalue weighted by molar-refractivity contribution is 5.79. The minimum absolute atomic E-state index is 0.0992. The van der Waals surface area contributed by atoms with Gasteiger partial charge in [0, 0.05) is 31.3 Å². The molecule has 0 radical (unpaired) electrons. The molecule has 3 atom stereocenters. The second-order valence-electron chi connectivity index (χ2n) is 8.05. The van der Waals surface area contributed by atoms with E-state index in [1.807, 2.05) is 0 Å². The number of nitrogens with one attached hydrogen (secondary N) is 1.